The Morgan fingerprint density at radius 1 is 0.933 bits per heavy atom. The Labute approximate surface area is 174 Å². The zero-order chi connectivity index (χ0) is 21.3. The number of carbonyl (C=O) groups excluding carboxylic acids is 2. The zero-order valence-electron chi connectivity index (χ0n) is 16.2. The van der Waals surface area contributed by atoms with Gasteiger partial charge in [-0.2, -0.15) is 0 Å². The number of hydrogen-bond donors (Lipinski definition) is 0. The third kappa shape index (κ3) is 3.27. The number of anilines is 1. The highest BCUT2D eigenvalue weighted by atomic mass is 32.2. The summed E-state index contributed by atoms with van der Waals surface area (Å²) >= 11 is 0. The van der Waals surface area contributed by atoms with Gasteiger partial charge in [-0.1, -0.05) is 60.7 Å². The number of esters is 1. The highest BCUT2D eigenvalue weighted by molar-refractivity contribution is 7.93. The van der Waals surface area contributed by atoms with Crippen LogP contribution in [0.1, 0.15) is 21.5 Å². The van der Waals surface area contributed by atoms with Crippen LogP contribution in [0.4, 0.5) is 5.69 Å². The molecule has 7 heteroatoms. The van der Waals surface area contributed by atoms with Gasteiger partial charge < -0.3 is 4.74 Å². The van der Waals surface area contributed by atoms with E-state index in [9.17, 15) is 18.0 Å². The number of ether oxygens (including phenoxy) is 1. The quantitative estimate of drug-likeness (QED) is 0.477. The lowest BCUT2D eigenvalue weighted by Crippen LogP contribution is -2.54. The van der Waals surface area contributed by atoms with Crippen LogP contribution in [-0.4, -0.2) is 33.3 Å². The van der Waals surface area contributed by atoms with Crippen LogP contribution < -0.4 is 4.31 Å². The number of fused-ring (bicyclic) bond motifs is 1. The van der Waals surface area contributed by atoms with Gasteiger partial charge in [0.05, 0.1) is 17.7 Å². The number of sulfonamides is 1. The van der Waals surface area contributed by atoms with Gasteiger partial charge in [0.2, 0.25) is 6.04 Å². The van der Waals surface area contributed by atoms with Crippen LogP contribution in [0.5, 0.6) is 0 Å². The molecule has 0 aliphatic carbocycles. The topological polar surface area (TPSA) is 80.8 Å². The second kappa shape index (κ2) is 7.76. The first kappa shape index (κ1) is 19.8. The van der Waals surface area contributed by atoms with Crippen LogP contribution in [0.2, 0.25) is 0 Å². The lowest BCUT2D eigenvalue weighted by atomic mass is 10.00. The number of benzene rings is 3. The highest BCUT2D eigenvalue weighted by Gasteiger charge is 2.48. The van der Waals surface area contributed by atoms with Gasteiger partial charge in [-0.15, -0.1) is 0 Å². The number of methoxy groups -OCH3 is 1. The maximum absolute atomic E-state index is 13.6. The summed E-state index contributed by atoms with van der Waals surface area (Å²) in [6.45, 7) is 0. The van der Waals surface area contributed by atoms with Crippen LogP contribution in [0.3, 0.4) is 0 Å². The van der Waals surface area contributed by atoms with Crippen molar-refractivity contribution in [2.75, 3.05) is 11.4 Å². The molecule has 6 nitrogen and oxygen atoms in total. The first-order chi connectivity index (χ1) is 14.4. The van der Waals surface area contributed by atoms with E-state index in [2.05, 4.69) is 0 Å². The molecule has 0 saturated carbocycles. The van der Waals surface area contributed by atoms with E-state index in [1.165, 1.54) is 12.1 Å². The Balaban J connectivity index is 1.92. The molecule has 4 rings (SSSR count). The van der Waals surface area contributed by atoms with Crippen LogP contribution >= 0.6 is 0 Å². The monoisotopic (exact) mass is 421 g/mol. The van der Waals surface area contributed by atoms with Crippen molar-refractivity contribution in [1.29, 1.82) is 0 Å². The molecule has 1 heterocycles. The van der Waals surface area contributed by atoms with Crippen molar-refractivity contribution in [2.24, 2.45) is 0 Å². The standard InChI is InChI=1S/C23H19NO5S/c1-29-23(26)21-22(25)18-12-6-8-14-20(18)30(27,28)24(21)19-13-7-5-11-17(19)15-16-9-3-2-4-10-16/h2-14,21H,15H2,1H3. The van der Waals surface area contributed by atoms with E-state index in [0.717, 1.165) is 17.0 Å². The zero-order valence-corrected chi connectivity index (χ0v) is 17.0. The second-order valence-corrected chi connectivity index (χ2v) is 8.66. The number of hydrogen-bond acceptors (Lipinski definition) is 5. The summed E-state index contributed by atoms with van der Waals surface area (Å²) in [6.07, 6.45) is 0.437. The number of carbonyl (C=O) groups is 2. The molecular weight excluding hydrogens is 402 g/mol. The number of ketones is 1. The summed E-state index contributed by atoms with van der Waals surface area (Å²) in [7, 11) is -3.04. The van der Waals surface area contributed by atoms with Gasteiger partial charge in [0.25, 0.3) is 10.0 Å². The molecule has 0 radical (unpaired) electrons. The number of nitrogens with zero attached hydrogens (tertiary/aromatic N) is 1. The van der Waals surface area contributed by atoms with E-state index in [4.69, 9.17) is 4.74 Å². The van der Waals surface area contributed by atoms with Gasteiger partial charge in [0, 0.05) is 5.56 Å². The van der Waals surface area contributed by atoms with Gasteiger partial charge in [0.15, 0.2) is 5.78 Å². The van der Waals surface area contributed by atoms with Gasteiger partial charge in [-0.05, 0) is 35.7 Å². The minimum atomic E-state index is -4.18. The van der Waals surface area contributed by atoms with Crippen LogP contribution in [0.25, 0.3) is 0 Å². The van der Waals surface area contributed by atoms with E-state index in [0.29, 0.717) is 12.0 Å². The minimum absolute atomic E-state index is 0.00955. The second-order valence-electron chi connectivity index (χ2n) is 6.88. The molecule has 0 aromatic heterocycles. The number of Topliss-reactive ketones (excluding diaryl/α,β-unsaturated/α-hetero) is 1. The molecule has 3 aromatic rings. The fraction of sp³-hybridized carbons (Fsp3) is 0.130. The molecule has 1 unspecified atom stereocenters. The van der Waals surface area contributed by atoms with Crippen LogP contribution in [0, 0.1) is 0 Å². The summed E-state index contributed by atoms with van der Waals surface area (Å²) < 4.78 is 32.8. The van der Waals surface area contributed by atoms with E-state index in [1.807, 2.05) is 30.3 Å². The Bertz CT molecular complexity index is 1220. The predicted octanol–water partition coefficient (Wildman–Crippen LogP) is 3.21. The Hall–Kier alpha value is -3.45. The van der Waals surface area contributed by atoms with Crippen LogP contribution in [-0.2, 0) is 26.0 Å². The van der Waals surface area contributed by atoms with Crippen molar-refractivity contribution in [3.8, 4) is 0 Å². The molecule has 30 heavy (non-hydrogen) atoms. The summed E-state index contributed by atoms with van der Waals surface area (Å²) in [6, 6.07) is 20.7. The average Bonchev–Trinajstić information content (AvgIpc) is 2.77. The van der Waals surface area contributed by atoms with E-state index >= 15 is 0 Å². The van der Waals surface area contributed by atoms with Gasteiger partial charge in [-0.3, -0.25) is 4.79 Å². The van der Waals surface area contributed by atoms with Crippen molar-refractivity contribution in [1.82, 2.24) is 0 Å². The van der Waals surface area contributed by atoms with Gasteiger partial charge in [-0.25, -0.2) is 17.5 Å². The molecule has 3 aromatic carbocycles. The maximum Gasteiger partial charge on any atom is 0.337 e. The maximum atomic E-state index is 13.6. The van der Waals surface area contributed by atoms with Crippen LogP contribution in [0.15, 0.2) is 83.8 Å². The Morgan fingerprint density at radius 3 is 2.30 bits per heavy atom. The fourth-order valence-electron chi connectivity index (χ4n) is 3.67. The summed E-state index contributed by atoms with van der Waals surface area (Å²) in [5.41, 5.74) is 1.92. The van der Waals surface area contributed by atoms with Crippen molar-refractivity contribution < 1.29 is 22.7 Å². The van der Waals surface area contributed by atoms with Gasteiger partial charge >= 0.3 is 5.97 Å². The molecule has 0 fully saturated rings. The van der Waals surface area contributed by atoms with Crippen molar-refractivity contribution in [2.45, 2.75) is 17.4 Å². The molecule has 0 amide bonds. The Morgan fingerprint density at radius 2 is 1.57 bits per heavy atom. The summed E-state index contributed by atoms with van der Waals surface area (Å²) in [5.74, 6) is -1.53. The normalized spacial score (nSPS) is 17.3. The predicted molar refractivity (Wildman–Crippen MR) is 112 cm³/mol. The molecule has 0 bridgehead atoms. The molecule has 0 spiro atoms. The molecule has 1 atom stereocenters. The summed E-state index contributed by atoms with van der Waals surface area (Å²) in [4.78, 5) is 25.6. The SMILES string of the molecule is COC(=O)C1C(=O)c2ccccc2S(=O)(=O)N1c1ccccc1Cc1ccccc1. The fourth-order valence-corrected chi connectivity index (χ4v) is 5.47. The number of para-hydroxylation sites is 1. The molecule has 0 saturated heterocycles. The number of rotatable bonds is 4. The largest absolute Gasteiger partial charge is 0.467 e. The molecule has 152 valence electrons. The lowest BCUT2D eigenvalue weighted by molar-refractivity contribution is -0.140. The molecule has 1 aliphatic heterocycles. The Kier molecular flexibility index (Phi) is 5.13. The third-order valence-electron chi connectivity index (χ3n) is 5.06. The van der Waals surface area contributed by atoms with E-state index in [-0.39, 0.29) is 16.1 Å². The third-order valence-corrected chi connectivity index (χ3v) is 6.90. The van der Waals surface area contributed by atoms with Crippen molar-refractivity contribution >= 4 is 27.5 Å². The summed E-state index contributed by atoms with van der Waals surface area (Å²) in [5, 5.41) is 0. The average molecular weight is 421 g/mol. The van der Waals surface area contributed by atoms with E-state index in [1.54, 1.807) is 36.4 Å². The minimum Gasteiger partial charge on any atom is -0.467 e. The first-order valence-corrected chi connectivity index (χ1v) is 10.8. The molecule has 0 N–H and O–H groups in total. The highest BCUT2D eigenvalue weighted by Crippen LogP contribution is 2.37. The van der Waals surface area contributed by atoms with Crippen molar-refractivity contribution in [3.63, 3.8) is 0 Å². The lowest BCUT2D eigenvalue weighted by Gasteiger charge is -2.35. The van der Waals surface area contributed by atoms with E-state index < -0.39 is 27.8 Å². The first-order valence-electron chi connectivity index (χ1n) is 9.32. The van der Waals surface area contributed by atoms with Gasteiger partial charge in [0.1, 0.15) is 0 Å². The molecule has 1 aliphatic rings. The van der Waals surface area contributed by atoms with Crippen molar-refractivity contribution in [3.05, 3.63) is 95.6 Å². The molecular formula is C23H19NO5S. The smallest absolute Gasteiger partial charge is 0.337 e.